The van der Waals surface area contributed by atoms with Crippen molar-refractivity contribution in [3.05, 3.63) is 18.2 Å². The first kappa shape index (κ1) is 13.3. The highest BCUT2D eigenvalue weighted by molar-refractivity contribution is 5.86. The van der Waals surface area contributed by atoms with Crippen LogP contribution in [0.2, 0.25) is 0 Å². The van der Waals surface area contributed by atoms with E-state index in [0.717, 1.165) is 29.9 Å². The summed E-state index contributed by atoms with van der Waals surface area (Å²) in [5.41, 5.74) is 3.23. The third-order valence-corrected chi connectivity index (χ3v) is 3.09. The molecule has 3 aromatic rings. The van der Waals surface area contributed by atoms with Crippen molar-refractivity contribution < 1.29 is 0 Å². The molecule has 0 saturated heterocycles. The Labute approximate surface area is 122 Å². The quantitative estimate of drug-likeness (QED) is 0.663. The van der Waals surface area contributed by atoms with Crippen LogP contribution >= 0.6 is 0 Å². The van der Waals surface area contributed by atoms with Gasteiger partial charge in [-0.05, 0) is 13.3 Å². The number of H-pyrrole nitrogens is 1. The Morgan fingerprint density at radius 1 is 1.33 bits per heavy atom. The predicted molar refractivity (Wildman–Crippen MR) is 81.7 cm³/mol. The van der Waals surface area contributed by atoms with E-state index in [0.29, 0.717) is 17.4 Å². The first-order valence-corrected chi connectivity index (χ1v) is 6.89. The predicted octanol–water partition coefficient (Wildman–Crippen LogP) is 1.96. The molecular weight excluding hydrogens is 268 g/mol. The number of imidazole rings is 1. The number of hydrogen-bond acceptors (Lipinski definition) is 6. The van der Waals surface area contributed by atoms with Crippen LogP contribution in [0.4, 0.5) is 17.5 Å². The molecule has 110 valence electrons. The van der Waals surface area contributed by atoms with E-state index in [2.05, 4.69) is 42.6 Å². The van der Waals surface area contributed by atoms with Gasteiger partial charge in [-0.15, -0.1) is 0 Å². The van der Waals surface area contributed by atoms with Crippen molar-refractivity contribution in [2.75, 3.05) is 17.2 Å². The van der Waals surface area contributed by atoms with E-state index in [-0.39, 0.29) is 0 Å². The monoisotopic (exact) mass is 286 g/mol. The molecule has 0 amide bonds. The van der Waals surface area contributed by atoms with E-state index in [1.165, 1.54) is 0 Å². The number of hydrogen-bond donors (Lipinski definition) is 3. The molecule has 0 unspecified atom stereocenters. The van der Waals surface area contributed by atoms with Crippen molar-refractivity contribution in [3.8, 4) is 0 Å². The molecule has 0 aromatic carbocycles. The molecule has 0 aliphatic heterocycles. The zero-order valence-corrected chi connectivity index (χ0v) is 12.3. The minimum absolute atomic E-state index is 0.570. The normalized spacial score (nSPS) is 11.0. The standard InChI is InChI=1S/C13H18N8/c1-4-5-14-13-18-11-10(15-7-16-11)12(19-13)17-9-6-21(3)20-8(9)2/h6-7H,4-5H2,1-3H3,(H3,14,15,16,17,18,19). The fraction of sp³-hybridized carbons (Fsp3) is 0.385. The van der Waals surface area contributed by atoms with Gasteiger partial charge in [0.2, 0.25) is 5.95 Å². The van der Waals surface area contributed by atoms with E-state index in [1.54, 1.807) is 11.0 Å². The van der Waals surface area contributed by atoms with Gasteiger partial charge in [-0.3, -0.25) is 4.68 Å². The van der Waals surface area contributed by atoms with Crippen molar-refractivity contribution in [3.63, 3.8) is 0 Å². The van der Waals surface area contributed by atoms with E-state index in [4.69, 9.17) is 0 Å². The molecule has 0 aliphatic rings. The average molecular weight is 286 g/mol. The summed E-state index contributed by atoms with van der Waals surface area (Å²) < 4.78 is 1.76. The maximum absolute atomic E-state index is 4.51. The summed E-state index contributed by atoms with van der Waals surface area (Å²) in [4.78, 5) is 16.2. The van der Waals surface area contributed by atoms with Crippen LogP contribution in [-0.4, -0.2) is 36.3 Å². The molecule has 21 heavy (non-hydrogen) atoms. The summed E-state index contributed by atoms with van der Waals surface area (Å²) in [6, 6.07) is 0. The van der Waals surface area contributed by atoms with Crippen LogP contribution in [0.15, 0.2) is 12.5 Å². The minimum Gasteiger partial charge on any atom is -0.354 e. The van der Waals surface area contributed by atoms with Gasteiger partial charge in [-0.2, -0.15) is 15.1 Å². The number of aryl methyl sites for hydroxylation is 2. The maximum Gasteiger partial charge on any atom is 0.226 e. The number of aromatic nitrogens is 6. The first-order chi connectivity index (χ1) is 10.2. The fourth-order valence-electron chi connectivity index (χ4n) is 2.09. The molecule has 0 atom stereocenters. The number of fused-ring (bicyclic) bond motifs is 1. The molecule has 8 nitrogen and oxygen atoms in total. The van der Waals surface area contributed by atoms with Gasteiger partial charge in [0.15, 0.2) is 11.5 Å². The van der Waals surface area contributed by atoms with Crippen LogP contribution in [0.3, 0.4) is 0 Å². The van der Waals surface area contributed by atoms with Gasteiger partial charge in [0.05, 0.1) is 17.7 Å². The first-order valence-electron chi connectivity index (χ1n) is 6.89. The average Bonchev–Trinajstić information content (AvgIpc) is 3.03. The molecule has 0 radical (unpaired) electrons. The van der Waals surface area contributed by atoms with Crippen molar-refractivity contribution in [2.45, 2.75) is 20.3 Å². The van der Waals surface area contributed by atoms with Gasteiger partial charge in [0.1, 0.15) is 5.52 Å². The Kier molecular flexibility index (Phi) is 3.43. The SMILES string of the molecule is CCCNc1nc(Nc2cn(C)nc2C)c2[nH]cnc2n1. The number of nitrogens with zero attached hydrogens (tertiary/aromatic N) is 5. The molecule has 0 fully saturated rings. The Bertz CT molecular complexity index is 757. The maximum atomic E-state index is 4.51. The van der Waals surface area contributed by atoms with Gasteiger partial charge in [0.25, 0.3) is 0 Å². The number of nitrogens with one attached hydrogen (secondary N) is 3. The Hall–Kier alpha value is -2.64. The van der Waals surface area contributed by atoms with E-state index >= 15 is 0 Å². The van der Waals surface area contributed by atoms with Gasteiger partial charge < -0.3 is 15.6 Å². The highest BCUT2D eigenvalue weighted by Gasteiger charge is 2.12. The second-order valence-electron chi connectivity index (χ2n) is 4.85. The molecule has 0 saturated carbocycles. The largest absolute Gasteiger partial charge is 0.354 e. The number of aromatic amines is 1. The number of anilines is 3. The Morgan fingerprint density at radius 3 is 2.90 bits per heavy atom. The fourth-order valence-corrected chi connectivity index (χ4v) is 2.09. The number of rotatable bonds is 5. The lowest BCUT2D eigenvalue weighted by molar-refractivity contribution is 0.756. The van der Waals surface area contributed by atoms with Gasteiger partial charge in [0, 0.05) is 19.8 Å². The van der Waals surface area contributed by atoms with Crippen LogP contribution in [0, 0.1) is 6.92 Å². The summed E-state index contributed by atoms with van der Waals surface area (Å²) in [6.07, 6.45) is 4.54. The molecule has 3 heterocycles. The van der Waals surface area contributed by atoms with Gasteiger partial charge in [-0.1, -0.05) is 6.92 Å². The van der Waals surface area contributed by atoms with Crippen LogP contribution in [0.1, 0.15) is 19.0 Å². The van der Waals surface area contributed by atoms with Crippen LogP contribution in [-0.2, 0) is 7.05 Å². The molecule has 3 N–H and O–H groups in total. The highest BCUT2D eigenvalue weighted by Crippen LogP contribution is 2.24. The topological polar surface area (TPSA) is 96.3 Å². The Morgan fingerprint density at radius 2 is 2.19 bits per heavy atom. The smallest absolute Gasteiger partial charge is 0.226 e. The zero-order chi connectivity index (χ0) is 14.8. The third kappa shape index (κ3) is 2.64. The lowest BCUT2D eigenvalue weighted by Gasteiger charge is -2.08. The highest BCUT2D eigenvalue weighted by atomic mass is 15.3. The van der Waals surface area contributed by atoms with Crippen LogP contribution in [0.5, 0.6) is 0 Å². The summed E-state index contributed by atoms with van der Waals surface area (Å²) >= 11 is 0. The lowest BCUT2D eigenvalue weighted by atomic mass is 10.4. The van der Waals surface area contributed by atoms with Gasteiger partial charge >= 0.3 is 0 Å². The zero-order valence-electron chi connectivity index (χ0n) is 12.3. The molecule has 0 spiro atoms. The second-order valence-corrected chi connectivity index (χ2v) is 4.85. The van der Waals surface area contributed by atoms with Crippen LogP contribution < -0.4 is 10.6 Å². The summed E-state index contributed by atoms with van der Waals surface area (Å²) in [7, 11) is 1.89. The van der Waals surface area contributed by atoms with Crippen molar-refractivity contribution in [1.82, 2.24) is 29.7 Å². The van der Waals surface area contributed by atoms with Crippen molar-refractivity contribution in [1.29, 1.82) is 0 Å². The van der Waals surface area contributed by atoms with Crippen LogP contribution in [0.25, 0.3) is 11.2 Å². The third-order valence-electron chi connectivity index (χ3n) is 3.09. The van der Waals surface area contributed by atoms with Gasteiger partial charge in [-0.25, -0.2) is 4.98 Å². The Balaban J connectivity index is 1.99. The van der Waals surface area contributed by atoms with E-state index in [1.807, 2.05) is 20.2 Å². The molecule has 0 bridgehead atoms. The molecule has 3 aromatic heterocycles. The van der Waals surface area contributed by atoms with Crippen molar-refractivity contribution >= 4 is 28.6 Å². The summed E-state index contributed by atoms with van der Waals surface area (Å²) in [6.45, 7) is 4.86. The minimum atomic E-state index is 0.570. The molecule has 3 rings (SSSR count). The molecule has 8 heteroatoms. The molecular formula is C13H18N8. The summed E-state index contributed by atoms with van der Waals surface area (Å²) in [5, 5.41) is 10.8. The van der Waals surface area contributed by atoms with Crippen molar-refractivity contribution in [2.24, 2.45) is 7.05 Å². The van der Waals surface area contributed by atoms with E-state index < -0.39 is 0 Å². The molecule has 0 aliphatic carbocycles. The lowest BCUT2D eigenvalue weighted by Crippen LogP contribution is -2.06. The summed E-state index contributed by atoms with van der Waals surface area (Å²) in [5.74, 6) is 1.26. The van der Waals surface area contributed by atoms with E-state index in [9.17, 15) is 0 Å². The second kappa shape index (κ2) is 5.39.